The number of esters is 1. The molecule has 3 aromatic carbocycles. The Kier molecular flexibility index (Phi) is 7.24. The Labute approximate surface area is 198 Å². The molecule has 1 saturated heterocycles. The van der Waals surface area contributed by atoms with Crippen LogP contribution in [-0.4, -0.2) is 44.3 Å². The van der Waals surface area contributed by atoms with Crippen LogP contribution in [-0.2, 0) is 19.6 Å². The highest BCUT2D eigenvalue weighted by atomic mass is 32.2. The quantitative estimate of drug-likeness (QED) is 0.473. The van der Waals surface area contributed by atoms with E-state index in [1.807, 2.05) is 30.3 Å². The minimum atomic E-state index is -3.52. The molecule has 176 valence electrons. The van der Waals surface area contributed by atoms with Gasteiger partial charge in [-0.15, -0.1) is 0 Å². The number of carbonyl (C=O) groups excluding carboxylic acids is 2. The molecule has 0 saturated carbocycles. The number of ether oxygens (including phenoxy) is 1. The summed E-state index contributed by atoms with van der Waals surface area (Å²) in [5.74, 6) is -1.17. The lowest BCUT2D eigenvalue weighted by Crippen LogP contribution is -2.27. The highest BCUT2D eigenvalue weighted by Gasteiger charge is 2.27. The van der Waals surface area contributed by atoms with Gasteiger partial charge in [-0.2, -0.15) is 4.31 Å². The van der Waals surface area contributed by atoms with Crippen molar-refractivity contribution in [1.82, 2.24) is 4.31 Å². The summed E-state index contributed by atoms with van der Waals surface area (Å²) < 4.78 is 31.9. The van der Waals surface area contributed by atoms with E-state index < -0.39 is 28.5 Å². The molecule has 8 nitrogen and oxygen atoms in total. The van der Waals surface area contributed by atoms with Gasteiger partial charge < -0.3 is 15.4 Å². The minimum Gasteiger partial charge on any atom is -0.452 e. The summed E-state index contributed by atoms with van der Waals surface area (Å²) in [6, 6.07) is 22.2. The number of benzene rings is 3. The van der Waals surface area contributed by atoms with Crippen LogP contribution in [0.5, 0.6) is 0 Å². The van der Waals surface area contributed by atoms with Crippen molar-refractivity contribution in [1.29, 1.82) is 0 Å². The van der Waals surface area contributed by atoms with E-state index in [1.54, 1.807) is 24.3 Å². The third kappa shape index (κ3) is 5.62. The van der Waals surface area contributed by atoms with Crippen molar-refractivity contribution in [3.63, 3.8) is 0 Å². The van der Waals surface area contributed by atoms with Gasteiger partial charge in [0, 0.05) is 24.5 Å². The maximum Gasteiger partial charge on any atom is 0.340 e. The zero-order valence-corrected chi connectivity index (χ0v) is 19.3. The van der Waals surface area contributed by atoms with Gasteiger partial charge in [0.1, 0.15) is 0 Å². The fourth-order valence-corrected chi connectivity index (χ4v) is 5.16. The molecule has 34 heavy (non-hydrogen) atoms. The second-order valence-electron chi connectivity index (χ2n) is 7.80. The number of hydrogen-bond acceptors (Lipinski definition) is 6. The topological polar surface area (TPSA) is 105 Å². The molecular weight excluding hydrogens is 454 g/mol. The van der Waals surface area contributed by atoms with E-state index in [-0.39, 0.29) is 4.90 Å². The van der Waals surface area contributed by atoms with Crippen LogP contribution in [0, 0.1) is 0 Å². The smallest absolute Gasteiger partial charge is 0.340 e. The number of para-hydroxylation sites is 2. The van der Waals surface area contributed by atoms with Gasteiger partial charge in [-0.3, -0.25) is 4.79 Å². The Morgan fingerprint density at radius 1 is 0.824 bits per heavy atom. The molecule has 1 aliphatic rings. The van der Waals surface area contributed by atoms with Gasteiger partial charge in [0.05, 0.1) is 16.1 Å². The largest absolute Gasteiger partial charge is 0.452 e. The predicted octanol–water partition coefficient (Wildman–Crippen LogP) is 4.01. The zero-order chi connectivity index (χ0) is 24.0. The van der Waals surface area contributed by atoms with E-state index in [4.69, 9.17) is 4.74 Å². The SMILES string of the molecule is O=C(COC(=O)c1ccccc1Nc1ccccc1)Nc1ccc(S(=O)(=O)N2CCCC2)cc1. The van der Waals surface area contributed by atoms with Gasteiger partial charge in [-0.25, -0.2) is 13.2 Å². The number of hydrogen-bond donors (Lipinski definition) is 2. The average Bonchev–Trinajstić information content (AvgIpc) is 3.40. The lowest BCUT2D eigenvalue weighted by atomic mass is 10.1. The molecule has 4 rings (SSSR count). The number of sulfonamides is 1. The fourth-order valence-electron chi connectivity index (χ4n) is 3.64. The Morgan fingerprint density at radius 3 is 2.18 bits per heavy atom. The molecule has 0 unspecified atom stereocenters. The number of carbonyl (C=O) groups is 2. The van der Waals surface area contributed by atoms with E-state index in [0.29, 0.717) is 30.0 Å². The average molecular weight is 480 g/mol. The molecule has 9 heteroatoms. The Morgan fingerprint density at radius 2 is 1.47 bits per heavy atom. The van der Waals surface area contributed by atoms with Crippen molar-refractivity contribution in [2.24, 2.45) is 0 Å². The molecule has 1 amide bonds. The van der Waals surface area contributed by atoms with Gasteiger partial charge in [0.25, 0.3) is 5.91 Å². The molecule has 3 aromatic rings. The van der Waals surface area contributed by atoms with Crippen LogP contribution < -0.4 is 10.6 Å². The number of nitrogens with zero attached hydrogens (tertiary/aromatic N) is 1. The van der Waals surface area contributed by atoms with E-state index >= 15 is 0 Å². The van der Waals surface area contributed by atoms with Crippen molar-refractivity contribution >= 4 is 39.0 Å². The van der Waals surface area contributed by atoms with E-state index in [2.05, 4.69) is 10.6 Å². The standard InChI is InChI=1S/C25H25N3O5S/c29-24(27-20-12-14-21(15-13-20)34(31,32)28-16-6-7-17-28)18-33-25(30)22-10-4-5-11-23(22)26-19-8-2-1-3-9-19/h1-5,8-15,26H,6-7,16-18H2,(H,27,29). The first-order valence-corrected chi connectivity index (χ1v) is 12.4. The van der Waals surface area contributed by atoms with E-state index in [0.717, 1.165) is 18.5 Å². The molecule has 1 fully saturated rings. The Hall–Kier alpha value is -3.69. The van der Waals surface area contributed by atoms with Gasteiger partial charge in [0.2, 0.25) is 10.0 Å². The first-order valence-electron chi connectivity index (χ1n) is 10.9. The van der Waals surface area contributed by atoms with Crippen molar-refractivity contribution in [2.45, 2.75) is 17.7 Å². The summed E-state index contributed by atoms with van der Waals surface area (Å²) >= 11 is 0. The van der Waals surface area contributed by atoms with Crippen LogP contribution in [0.4, 0.5) is 17.1 Å². The third-order valence-electron chi connectivity index (χ3n) is 5.38. The van der Waals surface area contributed by atoms with Crippen molar-refractivity contribution in [2.75, 3.05) is 30.3 Å². The summed E-state index contributed by atoms with van der Waals surface area (Å²) in [4.78, 5) is 25.0. The van der Waals surface area contributed by atoms with Crippen molar-refractivity contribution in [3.8, 4) is 0 Å². The molecule has 0 spiro atoms. The number of rotatable bonds is 8. The number of nitrogens with one attached hydrogen (secondary N) is 2. The number of anilines is 3. The highest BCUT2D eigenvalue weighted by molar-refractivity contribution is 7.89. The van der Waals surface area contributed by atoms with E-state index in [1.165, 1.54) is 28.6 Å². The maximum atomic E-state index is 12.6. The van der Waals surface area contributed by atoms with Gasteiger partial charge in [-0.05, 0) is 61.4 Å². The summed E-state index contributed by atoms with van der Waals surface area (Å²) in [7, 11) is -3.52. The minimum absolute atomic E-state index is 0.182. The van der Waals surface area contributed by atoms with Crippen LogP contribution >= 0.6 is 0 Å². The molecular formula is C25H25N3O5S. The van der Waals surface area contributed by atoms with Gasteiger partial charge in [-0.1, -0.05) is 30.3 Å². The van der Waals surface area contributed by atoms with Crippen LogP contribution in [0.3, 0.4) is 0 Å². The third-order valence-corrected chi connectivity index (χ3v) is 7.29. The highest BCUT2D eigenvalue weighted by Crippen LogP contribution is 2.23. The predicted molar refractivity (Wildman–Crippen MR) is 130 cm³/mol. The van der Waals surface area contributed by atoms with Crippen LogP contribution in [0.15, 0.2) is 83.8 Å². The van der Waals surface area contributed by atoms with Crippen molar-refractivity contribution in [3.05, 3.63) is 84.4 Å². The first kappa shape index (κ1) is 23.5. The molecule has 1 aliphatic heterocycles. The van der Waals surface area contributed by atoms with Gasteiger partial charge >= 0.3 is 5.97 Å². The fraction of sp³-hybridized carbons (Fsp3) is 0.200. The van der Waals surface area contributed by atoms with Gasteiger partial charge in [0.15, 0.2) is 6.61 Å². The molecule has 1 heterocycles. The summed E-state index contributed by atoms with van der Waals surface area (Å²) in [6.45, 7) is 0.568. The lowest BCUT2D eigenvalue weighted by Gasteiger charge is -2.15. The lowest BCUT2D eigenvalue weighted by molar-refractivity contribution is -0.119. The summed E-state index contributed by atoms with van der Waals surface area (Å²) in [5.41, 5.74) is 2.09. The Balaban J connectivity index is 1.33. The molecule has 0 aliphatic carbocycles. The monoisotopic (exact) mass is 479 g/mol. The maximum absolute atomic E-state index is 12.6. The van der Waals surface area contributed by atoms with Crippen molar-refractivity contribution < 1.29 is 22.7 Å². The van der Waals surface area contributed by atoms with Crippen LogP contribution in [0.2, 0.25) is 0 Å². The molecule has 0 aromatic heterocycles. The molecule has 0 bridgehead atoms. The normalized spacial score (nSPS) is 13.9. The van der Waals surface area contributed by atoms with E-state index in [9.17, 15) is 18.0 Å². The first-order chi connectivity index (χ1) is 16.4. The second kappa shape index (κ2) is 10.5. The molecule has 2 N–H and O–H groups in total. The summed E-state index contributed by atoms with van der Waals surface area (Å²) in [6.07, 6.45) is 1.72. The van der Waals surface area contributed by atoms with Crippen LogP contribution in [0.1, 0.15) is 23.2 Å². The van der Waals surface area contributed by atoms with Crippen LogP contribution in [0.25, 0.3) is 0 Å². The number of amides is 1. The molecule has 0 atom stereocenters. The molecule has 0 radical (unpaired) electrons. The summed E-state index contributed by atoms with van der Waals surface area (Å²) in [5, 5.41) is 5.78. The zero-order valence-electron chi connectivity index (χ0n) is 18.4. The Bertz CT molecular complexity index is 1260. The second-order valence-corrected chi connectivity index (χ2v) is 9.73.